The second-order valence-corrected chi connectivity index (χ2v) is 10.4. The highest BCUT2D eigenvalue weighted by atomic mass is 16.2. The van der Waals surface area contributed by atoms with Crippen LogP contribution in [-0.4, -0.2) is 46.4 Å². The van der Waals surface area contributed by atoms with Gasteiger partial charge in [0, 0.05) is 56.1 Å². The van der Waals surface area contributed by atoms with E-state index in [1.807, 2.05) is 48.8 Å². The summed E-state index contributed by atoms with van der Waals surface area (Å²) in [7, 11) is 0. The van der Waals surface area contributed by atoms with Crippen LogP contribution in [0.2, 0.25) is 0 Å². The fraction of sp³-hybridized carbons (Fsp3) is 0.419. The Morgan fingerprint density at radius 3 is 2.46 bits per heavy atom. The van der Waals surface area contributed by atoms with Crippen LogP contribution in [0.1, 0.15) is 65.1 Å². The molecule has 2 aromatic carbocycles. The Hall–Kier alpha value is -2.98. The van der Waals surface area contributed by atoms with Crippen molar-refractivity contribution in [1.82, 2.24) is 14.8 Å². The number of aromatic nitrogens is 1. The van der Waals surface area contributed by atoms with Crippen LogP contribution in [-0.2, 0) is 6.54 Å². The number of pyridine rings is 1. The molecule has 0 radical (unpaired) electrons. The molecule has 35 heavy (non-hydrogen) atoms. The highest BCUT2D eigenvalue weighted by Gasteiger charge is 2.38. The first-order valence-electron chi connectivity index (χ1n) is 13.2. The molecule has 3 aromatic rings. The number of rotatable bonds is 7. The number of hydrogen-bond acceptors (Lipinski definition) is 3. The lowest BCUT2D eigenvalue weighted by atomic mass is 9.85. The second kappa shape index (κ2) is 11.2. The molecule has 1 aromatic heterocycles. The van der Waals surface area contributed by atoms with Crippen LogP contribution in [0.15, 0.2) is 79.1 Å². The van der Waals surface area contributed by atoms with Crippen LogP contribution < -0.4 is 0 Å². The predicted octanol–water partition coefficient (Wildman–Crippen LogP) is 6.08. The molecular formula is C31H37N3O. The molecule has 1 amide bonds. The average Bonchev–Trinajstić information content (AvgIpc) is 3.30. The summed E-state index contributed by atoms with van der Waals surface area (Å²) in [6.07, 6.45) is 9.80. The first-order chi connectivity index (χ1) is 17.2. The van der Waals surface area contributed by atoms with Crippen LogP contribution >= 0.6 is 0 Å². The number of benzene rings is 2. The Labute approximate surface area is 210 Å². The van der Waals surface area contributed by atoms with Crippen LogP contribution in [0.5, 0.6) is 0 Å². The summed E-state index contributed by atoms with van der Waals surface area (Å²) in [5, 5.41) is 0. The number of nitrogens with zero attached hydrogens (tertiary/aromatic N) is 3. The van der Waals surface area contributed by atoms with E-state index in [0.717, 1.165) is 44.6 Å². The van der Waals surface area contributed by atoms with Crippen molar-refractivity contribution in [2.75, 3.05) is 19.6 Å². The number of amides is 1. The van der Waals surface area contributed by atoms with Gasteiger partial charge >= 0.3 is 0 Å². The third kappa shape index (κ3) is 5.65. The van der Waals surface area contributed by atoms with Gasteiger partial charge in [0.15, 0.2) is 0 Å². The molecule has 0 spiro atoms. The van der Waals surface area contributed by atoms with Crippen molar-refractivity contribution in [3.63, 3.8) is 0 Å². The van der Waals surface area contributed by atoms with E-state index in [1.54, 1.807) is 0 Å². The molecule has 4 heteroatoms. The summed E-state index contributed by atoms with van der Waals surface area (Å²) in [6, 6.07) is 23.2. The van der Waals surface area contributed by atoms with E-state index in [1.165, 1.54) is 36.0 Å². The van der Waals surface area contributed by atoms with E-state index in [2.05, 4.69) is 52.0 Å². The van der Waals surface area contributed by atoms with Gasteiger partial charge in [-0.3, -0.25) is 14.7 Å². The molecule has 1 saturated carbocycles. The fourth-order valence-electron chi connectivity index (χ4n) is 6.17. The van der Waals surface area contributed by atoms with Crippen molar-refractivity contribution in [3.8, 4) is 0 Å². The quantitative estimate of drug-likeness (QED) is 0.422. The zero-order valence-corrected chi connectivity index (χ0v) is 20.9. The van der Waals surface area contributed by atoms with Gasteiger partial charge in [-0.25, -0.2) is 0 Å². The Bertz CT molecular complexity index is 1090. The largest absolute Gasteiger partial charge is 0.335 e. The summed E-state index contributed by atoms with van der Waals surface area (Å²) in [4.78, 5) is 23.0. The molecule has 0 N–H and O–H groups in total. The van der Waals surface area contributed by atoms with E-state index in [4.69, 9.17) is 0 Å². The van der Waals surface area contributed by atoms with Gasteiger partial charge in [0.25, 0.3) is 5.91 Å². The predicted molar refractivity (Wildman–Crippen MR) is 141 cm³/mol. The Morgan fingerprint density at radius 1 is 0.943 bits per heavy atom. The van der Waals surface area contributed by atoms with Crippen LogP contribution in [0.25, 0.3) is 0 Å². The normalized spacial score (nSPS) is 21.2. The van der Waals surface area contributed by atoms with Gasteiger partial charge in [0.05, 0.1) is 0 Å². The third-order valence-electron chi connectivity index (χ3n) is 7.96. The van der Waals surface area contributed by atoms with E-state index in [-0.39, 0.29) is 5.91 Å². The molecule has 0 bridgehead atoms. The SMILES string of the molecule is Cc1ccccc1[C@H]1CN(Cc2cccnc2)C[C@@H]1CN(C(=O)c1ccccc1)C1CCCCC1. The summed E-state index contributed by atoms with van der Waals surface area (Å²) in [6.45, 7) is 5.97. The minimum atomic E-state index is 0.201. The lowest BCUT2D eigenvalue weighted by molar-refractivity contribution is 0.0588. The highest BCUT2D eigenvalue weighted by Crippen LogP contribution is 2.37. The lowest BCUT2D eigenvalue weighted by Gasteiger charge is -2.37. The first-order valence-corrected chi connectivity index (χ1v) is 13.2. The van der Waals surface area contributed by atoms with Crippen molar-refractivity contribution < 1.29 is 4.79 Å². The van der Waals surface area contributed by atoms with Crippen molar-refractivity contribution >= 4 is 5.91 Å². The lowest BCUT2D eigenvalue weighted by Crippen LogP contribution is -2.45. The molecule has 2 aliphatic rings. The van der Waals surface area contributed by atoms with Gasteiger partial charge in [-0.2, -0.15) is 0 Å². The minimum absolute atomic E-state index is 0.201. The summed E-state index contributed by atoms with van der Waals surface area (Å²) >= 11 is 0. The van der Waals surface area contributed by atoms with Crippen LogP contribution in [0, 0.1) is 12.8 Å². The molecule has 2 fully saturated rings. The molecule has 5 rings (SSSR count). The maximum Gasteiger partial charge on any atom is 0.254 e. The maximum absolute atomic E-state index is 13.8. The van der Waals surface area contributed by atoms with Crippen LogP contribution in [0.4, 0.5) is 0 Å². The van der Waals surface area contributed by atoms with E-state index < -0.39 is 0 Å². The van der Waals surface area contributed by atoms with Gasteiger partial charge in [-0.15, -0.1) is 0 Å². The molecular weight excluding hydrogens is 430 g/mol. The van der Waals surface area contributed by atoms with Crippen molar-refractivity contribution in [1.29, 1.82) is 0 Å². The first kappa shape index (κ1) is 23.7. The van der Waals surface area contributed by atoms with Gasteiger partial charge in [-0.05, 0) is 60.6 Å². The zero-order chi connectivity index (χ0) is 24.0. The number of aryl methyl sites for hydroxylation is 1. The number of carbonyl (C=O) groups excluding carboxylic acids is 1. The molecule has 1 aliphatic carbocycles. The molecule has 182 valence electrons. The average molecular weight is 468 g/mol. The molecule has 1 saturated heterocycles. The zero-order valence-electron chi connectivity index (χ0n) is 20.9. The van der Waals surface area contributed by atoms with E-state index in [0.29, 0.717) is 17.9 Å². The van der Waals surface area contributed by atoms with E-state index >= 15 is 0 Å². The van der Waals surface area contributed by atoms with Crippen molar-refractivity contribution in [2.45, 2.75) is 57.5 Å². The monoisotopic (exact) mass is 467 g/mol. The van der Waals surface area contributed by atoms with Crippen molar-refractivity contribution in [2.24, 2.45) is 5.92 Å². The summed E-state index contributed by atoms with van der Waals surface area (Å²) < 4.78 is 0. The van der Waals surface area contributed by atoms with Gasteiger partial charge in [-0.1, -0.05) is 67.8 Å². The fourth-order valence-corrected chi connectivity index (χ4v) is 6.17. The summed E-state index contributed by atoms with van der Waals surface area (Å²) in [5.74, 6) is 1.02. The molecule has 0 unspecified atom stereocenters. The topological polar surface area (TPSA) is 36.4 Å². The Kier molecular flexibility index (Phi) is 7.58. The molecule has 1 aliphatic heterocycles. The smallest absolute Gasteiger partial charge is 0.254 e. The van der Waals surface area contributed by atoms with Crippen molar-refractivity contribution in [3.05, 3.63) is 101 Å². The maximum atomic E-state index is 13.8. The summed E-state index contributed by atoms with van der Waals surface area (Å²) in [5.41, 5.74) is 4.85. The number of likely N-dealkylation sites (tertiary alicyclic amines) is 1. The standard InChI is InChI=1S/C31H37N3O/c1-24-11-8-9-17-29(24)30-23-33(20-25-12-10-18-32-19-25)21-27(30)22-34(28-15-6-3-7-16-28)31(35)26-13-4-2-5-14-26/h2,4-5,8-14,17-19,27-28,30H,3,6-7,15-16,20-23H2,1H3/t27-,30+/m1/s1. The van der Waals surface area contributed by atoms with Gasteiger partial charge in [0.2, 0.25) is 0 Å². The highest BCUT2D eigenvalue weighted by molar-refractivity contribution is 5.94. The Balaban J connectivity index is 1.43. The number of carbonyl (C=O) groups is 1. The second-order valence-electron chi connectivity index (χ2n) is 10.4. The van der Waals surface area contributed by atoms with E-state index in [9.17, 15) is 4.79 Å². The van der Waals surface area contributed by atoms with Gasteiger partial charge < -0.3 is 4.90 Å². The number of hydrogen-bond donors (Lipinski definition) is 0. The van der Waals surface area contributed by atoms with Crippen LogP contribution in [0.3, 0.4) is 0 Å². The van der Waals surface area contributed by atoms with Gasteiger partial charge in [0.1, 0.15) is 0 Å². The molecule has 4 nitrogen and oxygen atoms in total. The molecule has 2 atom stereocenters. The molecule has 2 heterocycles. The minimum Gasteiger partial charge on any atom is -0.335 e. The third-order valence-corrected chi connectivity index (χ3v) is 7.96. The Morgan fingerprint density at radius 2 is 1.71 bits per heavy atom.